The van der Waals surface area contributed by atoms with Gasteiger partial charge in [0, 0.05) is 6.42 Å². The van der Waals surface area contributed by atoms with E-state index in [1.807, 2.05) is 0 Å². The van der Waals surface area contributed by atoms with Gasteiger partial charge in [-0.25, -0.2) is 4.98 Å². The standard InChI is InChI=1S/C6H8N2O2/c1-2-4(9)5-3-8-6(7)10-5/h3H,2H2,1H3,(H2,7,8). The highest BCUT2D eigenvalue weighted by molar-refractivity contribution is 5.92. The van der Waals surface area contributed by atoms with Gasteiger partial charge in [0.2, 0.25) is 0 Å². The largest absolute Gasteiger partial charge is 0.421 e. The predicted octanol–water partition coefficient (Wildman–Crippen LogP) is 0.849. The average Bonchev–Trinajstić information content (AvgIpc) is 2.34. The van der Waals surface area contributed by atoms with Crippen LogP contribution >= 0.6 is 0 Å². The monoisotopic (exact) mass is 140 g/mol. The molecule has 0 saturated heterocycles. The molecule has 2 N–H and O–H groups in total. The molecule has 1 aromatic rings. The van der Waals surface area contributed by atoms with Crippen molar-refractivity contribution in [1.82, 2.24) is 4.98 Å². The normalized spacial score (nSPS) is 9.70. The molecule has 0 bridgehead atoms. The average molecular weight is 140 g/mol. The number of carbonyl (C=O) groups excluding carboxylic acids is 1. The van der Waals surface area contributed by atoms with Gasteiger partial charge in [0.25, 0.3) is 6.01 Å². The lowest BCUT2D eigenvalue weighted by Gasteiger charge is -1.86. The van der Waals surface area contributed by atoms with E-state index >= 15 is 0 Å². The van der Waals surface area contributed by atoms with Crippen LogP contribution in [0.15, 0.2) is 10.6 Å². The van der Waals surface area contributed by atoms with Crippen LogP contribution in [-0.2, 0) is 0 Å². The highest BCUT2D eigenvalue weighted by Gasteiger charge is 2.07. The first kappa shape index (κ1) is 6.80. The summed E-state index contributed by atoms with van der Waals surface area (Å²) < 4.78 is 4.75. The van der Waals surface area contributed by atoms with Crippen molar-refractivity contribution in [3.05, 3.63) is 12.0 Å². The molecule has 0 aliphatic rings. The summed E-state index contributed by atoms with van der Waals surface area (Å²) in [6, 6.07) is 0.0387. The van der Waals surface area contributed by atoms with Crippen molar-refractivity contribution in [3.8, 4) is 0 Å². The zero-order valence-corrected chi connectivity index (χ0v) is 5.63. The number of carbonyl (C=O) groups is 1. The summed E-state index contributed by atoms with van der Waals surface area (Å²) in [5.41, 5.74) is 5.14. The molecule has 0 amide bonds. The van der Waals surface area contributed by atoms with Gasteiger partial charge in [-0.3, -0.25) is 4.79 Å². The number of aromatic nitrogens is 1. The van der Waals surface area contributed by atoms with Gasteiger partial charge >= 0.3 is 0 Å². The van der Waals surface area contributed by atoms with Gasteiger partial charge in [-0.1, -0.05) is 6.92 Å². The third kappa shape index (κ3) is 1.15. The van der Waals surface area contributed by atoms with Crippen molar-refractivity contribution >= 4 is 11.8 Å². The molecule has 4 nitrogen and oxygen atoms in total. The van der Waals surface area contributed by atoms with Gasteiger partial charge in [0.1, 0.15) is 0 Å². The molecular weight excluding hydrogens is 132 g/mol. The lowest BCUT2D eigenvalue weighted by atomic mass is 10.3. The molecule has 0 aromatic carbocycles. The van der Waals surface area contributed by atoms with Crippen LogP contribution < -0.4 is 5.73 Å². The Morgan fingerprint density at radius 1 is 1.90 bits per heavy atom. The zero-order chi connectivity index (χ0) is 7.56. The van der Waals surface area contributed by atoms with Crippen LogP contribution in [0.3, 0.4) is 0 Å². The number of hydrogen-bond donors (Lipinski definition) is 1. The fourth-order valence-corrected chi connectivity index (χ4v) is 0.591. The van der Waals surface area contributed by atoms with Crippen LogP contribution in [0.1, 0.15) is 23.9 Å². The third-order valence-electron chi connectivity index (χ3n) is 1.12. The quantitative estimate of drug-likeness (QED) is 0.618. The van der Waals surface area contributed by atoms with Crippen molar-refractivity contribution in [1.29, 1.82) is 0 Å². The highest BCUT2D eigenvalue weighted by atomic mass is 16.4. The molecule has 0 unspecified atom stereocenters. The van der Waals surface area contributed by atoms with Gasteiger partial charge < -0.3 is 10.2 Å². The Labute approximate surface area is 58.0 Å². The van der Waals surface area contributed by atoms with Crippen LogP contribution in [-0.4, -0.2) is 10.8 Å². The topological polar surface area (TPSA) is 69.1 Å². The molecule has 0 saturated carbocycles. The fourth-order valence-electron chi connectivity index (χ4n) is 0.591. The first-order valence-electron chi connectivity index (χ1n) is 2.98. The first-order chi connectivity index (χ1) is 4.74. The molecule has 0 aliphatic carbocycles. The van der Waals surface area contributed by atoms with Gasteiger partial charge in [0.15, 0.2) is 11.5 Å². The molecule has 0 atom stereocenters. The van der Waals surface area contributed by atoms with E-state index in [2.05, 4.69) is 4.98 Å². The van der Waals surface area contributed by atoms with Crippen molar-refractivity contribution in [3.63, 3.8) is 0 Å². The van der Waals surface area contributed by atoms with E-state index in [0.717, 1.165) is 0 Å². The van der Waals surface area contributed by atoms with Gasteiger partial charge in [-0.2, -0.15) is 0 Å². The molecule has 0 fully saturated rings. The summed E-state index contributed by atoms with van der Waals surface area (Å²) in [7, 11) is 0. The van der Waals surface area contributed by atoms with Gasteiger partial charge in [-0.15, -0.1) is 0 Å². The molecule has 0 aliphatic heterocycles. The van der Waals surface area contributed by atoms with E-state index in [0.29, 0.717) is 6.42 Å². The van der Waals surface area contributed by atoms with E-state index in [1.54, 1.807) is 6.92 Å². The number of Topliss-reactive ketones (excluding diaryl/α,β-unsaturated/α-hetero) is 1. The number of nitrogen functional groups attached to an aromatic ring is 1. The van der Waals surface area contributed by atoms with Crippen molar-refractivity contribution < 1.29 is 9.21 Å². The first-order valence-corrected chi connectivity index (χ1v) is 2.98. The summed E-state index contributed by atoms with van der Waals surface area (Å²) >= 11 is 0. The molecule has 0 spiro atoms. The van der Waals surface area contributed by atoms with Crippen LogP contribution in [0.5, 0.6) is 0 Å². The number of ketones is 1. The lowest BCUT2D eigenvalue weighted by molar-refractivity contribution is 0.0962. The molecule has 1 aromatic heterocycles. The van der Waals surface area contributed by atoms with Gasteiger partial charge in [-0.05, 0) is 0 Å². The summed E-state index contributed by atoms with van der Waals surface area (Å²) in [6.45, 7) is 1.75. The molecular formula is C6H8N2O2. The van der Waals surface area contributed by atoms with E-state index in [-0.39, 0.29) is 17.6 Å². The Balaban J connectivity index is 2.85. The number of hydrogen-bond acceptors (Lipinski definition) is 4. The zero-order valence-electron chi connectivity index (χ0n) is 5.63. The van der Waals surface area contributed by atoms with E-state index in [4.69, 9.17) is 10.2 Å². The van der Waals surface area contributed by atoms with Crippen LogP contribution in [0.4, 0.5) is 6.01 Å². The van der Waals surface area contributed by atoms with Crippen LogP contribution in [0, 0.1) is 0 Å². The number of anilines is 1. The second-order valence-corrected chi connectivity index (χ2v) is 1.84. The number of oxazole rings is 1. The molecule has 0 radical (unpaired) electrons. The summed E-state index contributed by atoms with van der Waals surface area (Å²) in [4.78, 5) is 14.4. The minimum atomic E-state index is -0.0794. The minimum Gasteiger partial charge on any atom is -0.421 e. The highest BCUT2D eigenvalue weighted by Crippen LogP contribution is 2.06. The van der Waals surface area contributed by atoms with Crippen molar-refractivity contribution in [2.75, 3.05) is 5.73 Å². The van der Waals surface area contributed by atoms with E-state index in [1.165, 1.54) is 6.20 Å². The second-order valence-electron chi connectivity index (χ2n) is 1.84. The van der Waals surface area contributed by atoms with Crippen LogP contribution in [0.25, 0.3) is 0 Å². The molecule has 1 heterocycles. The summed E-state index contributed by atoms with van der Waals surface area (Å²) in [5, 5.41) is 0. The Morgan fingerprint density at radius 3 is 3.00 bits per heavy atom. The Morgan fingerprint density at radius 2 is 2.60 bits per heavy atom. The lowest BCUT2D eigenvalue weighted by Crippen LogP contribution is -1.92. The Bertz CT molecular complexity index is 242. The Hall–Kier alpha value is -1.32. The smallest absolute Gasteiger partial charge is 0.292 e. The SMILES string of the molecule is CCC(=O)c1cnc(N)o1. The number of nitrogens with zero attached hydrogens (tertiary/aromatic N) is 1. The molecule has 54 valence electrons. The summed E-state index contributed by atoms with van der Waals surface area (Å²) in [6.07, 6.45) is 1.75. The summed E-state index contributed by atoms with van der Waals surface area (Å²) in [5.74, 6) is 0.157. The number of rotatable bonds is 2. The number of nitrogens with two attached hydrogens (primary N) is 1. The predicted molar refractivity (Wildman–Crippen MR) is 35.5 cm³/mol. The van der Waals surface area contributed by atoms with Crippen molar-refractivity contribution in [2.24, 2.45) is 0 Å². The molecule has 10 heavy (non-hydrogen) atoms. The van der Waals surface area contributed by atoms with E-state index < -0.39 is 0 Å². The van der Waals surface area contributed by atoms with Crippen LogP contribution in [0.2, 0.25) is 0 Å². The maximum absolute atomic E-state index is 10.8. The Kier molecular flexibility index (Phi) is 1.71. The maximum atomic E-state index is 10.8. The van der Waals surface area contributed by atoms with Crippen molar-refractivity contribution in [2.45, 2.75) is 13.3 Å². The van der Waals surface area contributed by atoms with Gasteiger partial charge in [0.05, 0.1) is 6.20 Å². The maximum Gasteiger partial charge on any atom is 0.292 e. The molecule has 1 rings (SSSR count). The van der Waals surface area contributed by atoms with E-state index in [9.17, 15) is 4.79 Å². The second kappa shape index (κ2) is 2.51. The fraction of sp³-hybridized carbons (Fsp3) is 0.333. The third-order valence-corrected chi connectivity index (χ3v) is 1.12. The molecule has 4 heteroatoms. The minimum absolute atomic E-state index is 0.0387.